The number of fused-ring (bicyclic) bond motifs is 1. The van der Waals surface area contributed by atoms with Crippen LogP contribution in [0.3, 0.4) is 0 Å². The molecule has 0 unspecified atom stereocenters. The van der Waals surface area contributed by atoms with Gasteiger partial charge >= 0.3 is 6.09 Å². The van der Waals surface area contributed by atoms with E-state index in [9.17, 15) is 19.2 Å². The third-order valence-corrected chi connectivity index (χ3v) is 5.51. The highest BCUT2D eigenvalue weighted by atomic mass is 16.6. The van der Waals surface area contributed by atoms with Crippen molar-refractivity contribution in [2.45, 2.75) is 58.5 Å². The molecule has 0 spiro atoms. The van der Waals surface area contributed by atoms with E-state index in [2.05, 4.69) is 5.32 Å². The Morgan fingerprint density at radius 1 is 1.13 bits per heavy atom. The van der Waals surface area contributed by atoms with Gasteiger partial charge in [-0.05, 0) is 51.3 Å². The molecule has 0 atom stereocenters. The number of hydrogen-bond donors (Lipinski definition) is 1. The summed E-state index contributed by atoms with van der Waals surface area (Å²) >= 11 is 0. The van der Waals surface area contributed by atoms with E-state index in [1.54, 1.807) is 30.9 Å². The lowest BCUT2D eigenvalue weighted by atomic mass is 10.0. The summed E-state index contributed by atoms with van der Waals surface area (Å²) in [6, 6.07) is 4.31. The smallest absolute Gasteiger partial charge is 0.409 e. The van der Waals surface area contributed by atoms with E-state index in [1.807, 2.05) is 6.92 Å². The third kappa shape index (κ3) is 4.47. The number of nitrogens with zero attached hydrogens (tertiary/aromatic N) is 2. The molecule has 0 aliphatic carbocycles. The molecule has 1 aromatic carbocycles. The van der Waals surface area contributed by atoms with Gasteiger partial charge in [-0.2, -0.15) is 0 Å². The second-order valence-corrected chi connectivity index (χ2v) is 8.04. The maximum absolute atomic E-state index is 12.7. The minimum absolute atomic E-state index is 0.0602. The van der Waals surface area contributed by atoms with Gasteiger partial charge in [0, 0.05) is 30.7 Å². The van der Waals surface area contributed by atoms with Crippen LogP contribution in [0.25, 0.3) is 0 Å². The highest BCUT2D eigenvalue weighted by Gasteiger charge is 2.37. The monoisotopic (exact) mass is 415 g/mol. The summed E-state index contributed by atoms with van der Waals surface area (Å²) in [7, 11) is 0. The predicted octanol–water partition coefficient (Wildman–Crippen LogP) is 2.82. The average molecular weight is 415 g/mol. The van der Waals surface area contributed by atoms with Crippen LogP contribution in [-0.4, -0.2) is 65.4 Å². The minimum atomic E-state index is -0.366. The molecule has 2 heterocycles. The first kappa shape index (κ1) is 21.8. The summed E-state index contributed by atoms with van der Waals surface area (Å²) < 4.78 is 5.23. The summed E-state index contributed by atoms with van der Waals surface area (Å²) in [4.78, 5) is 52.5. The lowest BCUT2D eigenvalue weighted by Crippen LogP contribution is -2.46. The molecule has 30 heavy (non-hydrogen) atoms. The molecule has 2 aliphatic rings. The Labute approximate surface area is 176 Å². The van der Waals surface area contributed by atoms with Crippen molar-refractivity contribution in [3.63, 3.8) is 0 Å². The van der Waals surface area contributed by atoms with Crippen molar-refractivity contribution in [1.29, 1.82) is 0 Å². The van der Waals surface area contributed by atoms with Gasteiger partial charge in [-0.15, -0.1) is 0 Å². The highest BCUT2D eigenvalue weighted by molar-refractivity contribution is 6.22. The lowest BCUT2D eigenvalue weighted by Gasteiger charge is -2.31. The fraction of sp³-hybridized carbons (Fsp3) is 0.545. The first-order valence-corrected chi connectivity index (χ1v) is 10.6. The molecule has 0 aromatic heterocycles. The number of ether oxygens (including phenoxy) is 1. The van der Waals surface area contributed by atoms with Crippen molar-refractivity contribution < 1.29 is 23.9 Å². The number of piperidine rings is 1. The fourth-order valence-electron chi connectivity index (χ4n) is 3.74. The summed E-state index contributed by atoms with van der Waals surface area (Å²) in [6.07, 6.45) is 2.79. The van der Waals surface area contributed by atoms with Crippen molar-refractivity contribution >= 4 is 23.8 Å². The minimum Gasteiger partial charge on any atom is -0.449 e. The highest BCUT2D eigenvalue weighted by Crippen LogP contribution is 2.26. The first-order chi connectivity index (χ1) is 14.3. The summed E-state index contributed by atoms with van der Waals surface area (Å²) in [6.45, 7) is 7.08. The molecule has 2 aliphatic heterocycles. The molecule has 0 radical (unpaired) electrons. The molecule has 1 N–H and O–H groups in total. The Bertz CT molecular complexity index is 843. The fourth-order valence-corrected chi connectivity index (χ4v) is 3.74. The largest absolute Gasteiger partial charge is 0.449 e. The van der Waals surface area contributed by atoms with Gasteiger partial charge in [-0.1, -0.05) is 13.3 Å². The molecular formula is C22H29N3O5. The van der Waals surface area contributed by atoms with Crippen LogP contribution < -0.4 is 5.32 Å². The Hall–Kier alpha value is -2.90. The van der Waals surface area contributed by atoms with Crippen LogP contribution in [-0.2, 0) is 4.74 Å². The Morgan fingerprint density at radius 3 is 2.43 bits per heavy atom. The van der Waals surface area contributed by atoms with Crippen molar-refractivity contribution in [3.05, 3.63) is 34.9 Å². The van der Waals surface area contributed by atoms with Gasteiger partial charge in [0.15, 0.2) is 0 Å². The second kappa shape index (κ2) is 9.28. The molecule has 3 rings (SSSR count). The second-order valence-electron chi connectivity index (χ2n) is 8.04. The van der Waals surface area contributed by atoms with Gasteiger partial charge in [0.2, 0.25) is 0 Å². The van der Waals surface area contributed by atoms with E-state index >= 15 is 0 Å². The summed E-state index contributed by atoms with van der Waals surface area (Å²) in [5.74, 6) is -0.977. The van der Waals surface area contributed by atoms with E-state index in [1.165, 1.54) is 11.0 Å². The normalized spacial score (nSPS) is 16.8. The van der Waals surface area contributed by atoms with Crippen molar-refractivity contribution in [2.75, 3.05) is 19.7 Å². The van der Waals surface area contributed by atoms with Crippen LogP contribution in [0.15, 0.2) is 18.2 Å². The van der Waals surface area contributed by atoms with Gasteiger partial charge in [0.1, 0.15) is 0 Å². The maximum Gasteiger partial charge on any atom is 0.409 e. The van der Waals surface area contributed by atoms with Gasteiger partial charge < -0.3 is 15.0 Å². The number of amides is 4. The Kier molecular flexibility index (Phi) is 6.74. The summed E-state index contributed by atoms with van der Waals surface area (Å²) in [5, 5.41) is 2.97. The van der Waals surface area contributed by atoms with Crippen LogP contribution in [0.4, 0.5) is 4.79 Å². The van der Waals surface area contributed by atoms with Crippen LogP contribution in [0.2, 0.25) is 0 Å². The number of unbranched alkanes of at least 4 members (excludes halogenated alkanes) is 1. The average Bonchev–Trinajstić information content (AvgIpc) is 2.98. The molecule has 162 valence electrons. The number of likely N-dealkylation sites (tertiary alicyclic amines) is 1. The molecule has 0 bridgehead atoms. The van der Waals surface area contributed by atoms with E-state index < -0.39 is 0 Å². The summed E-state index contributed by atoms with van der Waals surface area (Å²) in [5.41, 5.74) is 0.952. The lowest BCUT2D eigenvalue weighted by molar-refractivity contribution is 0.0608. The van der Waals surface area contributed by atoms with Crippen LogP contribution in [0.1, 0.15) is 77.5 Å². The van der Waals surface area contributed by atoms with Gasteiger partial charge in [0.05, 0.1) is 17.7 Å². The number of rotatable bonds is 6. The maximum atomic E-state index is 12.7. The zero-order chi connectivity index (χ0) is 21.8. The van der Waals surface area contributed by atoms with E-state index in [-0.39, 0.29) is 41.5 Å². The Balaban J connectivity index is 1.56. The topological polar surface area (TPSA) is 96.0 Å². The zero-order valence-corrected chi connectivity index (χ0v) is 17.8. The molecule has 1 fully saturated rings. The third-order valence-electron chi connectivity index (χ3n) is 5.51. The van der Waals surface area contributed by atoms with Crippen LogP contribution >= 0.6 is 0 Å². The van der Waals surface area contributed by atoms with Crippen molar-refractivity contribution in [3.8, 4) is 0 Å². The van der Waals surface area contributed by atoms with Gasteiger partial charge in [0.25, 0.3) is 17.7 Å². The van der Waals surface area contributed by atoms with Crippen LogP contribution in [0, 0.1) is 0 Å². The predicted molar refractivity (Wildman–Crippen MR) is 110 cm³/mol. The SMILES string of the molecule is CCCCOC(=O)N1CCC(NC(=O)c2ccc3c(c2)C(=O)N(C(C)C)C3=O)CC1. The van der Waals surface area contributed by atoms with Gasteiger partial charge in [-0.25, -0.2) is 4.79 Å². The molecular weight excluding hydrogens is 386 g/mol. The molecule has 1 saturated heterocycles. The number of carbonyl (C=O) groups excluding carboxylic acids is 4. The van der Waals surface area contributed by atoms with Gasteiger partial charge in [-0.3, -0.25) is 19.3 Å². The molecule has 1 aromatic rings. The number of nitrogens with one attached hydrogen (secondary N) is 1. The van der Waals surface area contributed by atoms with E-state index in [0.29, 0.717) is 43.7 Å². The Morgan fingerprint density at radius 2 is 1.80 bits per heavy atom. The number of imide groups is 1. The number of benzene rings is 1. The standard InChI is InChI=1S/C22H29N3O5/c1-4-5-12-30-22(29)24-10-8-16(9-11-24)23-19(26)15-6-7-17-18(13-15)21(28)25(14(2)3)20(17)27/h6-7,13-14,16H,4-5,8-12H2,1-3H3,(H,23,26). The molecule has 4 amide bonds. The van der Waals surface area contributed by atoms with E-state index in [4.69, 9.17) is 4.74 Å². The van der Waals surface area contributed by atoms with Crippen molar-refractivity contribution in [2.24, 2.45) is 0 Å². The van der Waals surface area contributed by atoms with Crippen molar-refractivity contribution in [1.82, 2.24) is 15.1 Å². The van der Waals surface area contributed by atoms with E-state index in [0.717, 1.165) is 12.8 Å². The van der Waals surface area contributed by atoms with Crippen LogP contribution in [0.5, 0.6) is 0 Å². The first-order valence-electron chi connectivity index (χ1n) is 10.6. The quantitative estimate of drug-likeness (QED) is 0.569. The molecule has 8 nitrogen and oxygen atoms in total. The molecule has 0 saturated carbocycles. The number of carbonyl (C=O) groups is 4. The molecule has 8 heteroatoms. The zero-order valence-electron chi connectivity index (χ0n) is 17.8. The number of hydrogen-bond acceptors (Lipinski definition) is 5.